The number of nitrogens with two attached hydrogens (primary N) is 1. The maximum absolute atomic E-state index is 6.12. The van der Waals surface area contributed by atoms with Crippen LogP contribution in [0.5, 0.6) is 11.5 Å². The Kier molecular flexibility index (Phi) is 4.34. The second-order valence-corrected chi connectivity index (χ2v) is 5.05. The molecule has 1 aromatic rings. The van der Waals surface area contributed by atoms with Crippen LogP contribution in [-0.4, -0.2) is 13.2 Å². The van der Waals surface area contributed by atoms with Crippen molar-refractivity contribution in [3.05, 3.63) is 18.2 Å². The highest BCUT2D eigenvalue weighted by Gasteiger charge is 2.25. The van der Waals surface area contributed by atoms with E-state index >= 15 is 0 Å². The first-order valence-electron chi connectivity index (χ1n) is 6.84. The molecule has 3 heteroatoms. The Hall–Kier alpha value is -1.38. The highest BCUT2D eigenvalue weighted by atomic mass is 16.5. The van der Waals surface area contributed by atoms with Gasteiger partial charge in [0.05, 0.1) is 7.11 Å². The topological polar surface area (TPSA) is 44.5 Å². The van der Waals surface area contributed by atoms with Crippen molar-refractivity contribution in [3.8, 4) is 11.5 Å². The number of ether oxygens (including phenoxy) is 2. The number of methoxy groups -OCH3 is 1. The normalized spacial score (nSPS) is 23.7. The molecule has 3 nitrogen and oxygen atoms in total. The van der Waals surface area contributed by atoms with Crippen LogP contribution in [0, 0.1) is 5.92 Å². The molecular weight excluding hydrogens is 226 g/mol. The molecule has 100 valence electrons. The average Bonchev–Trinajstić information content (AvgIpc) is 2.38. The molecule has 0 spiro atoms. The van der Waals surface area contributed by atoms with Crippen molar-refractivity contribution in [3.63, 3.8) is 0 Å². The number of rotatable bonds is 4. The van der Waals surface area contributed by atoms with E-state index in [0.29, 0.717) is 17.7 Å². The Morgan fingerprint density at radius 2 is 1.89 bits per heavy atom. The van der Waals surface area contributed by atoms with Gasteiger partial charge in [0.1, 0.15) is 17.6 Å². The Morgan fingerprint density at radius 1 is 1.17 bits per heavy atom. The molecule has 0 saturated heterocycles. The first-order valence-corrected chi connectivity index (χ1v) is 6.84. The van der Waals surface area contributed by atoms with Gasteiger partial charge >= 0.3 is 0 Å². The number of nitrogen functional groups attached to an aromatic ring is 1. The molecule has 1 aliphatic rings. The van der Waals surface area contributed by atoms with Gasteiger partial charge in [-0.1, -0.05) is 13.3 Å². The van der Waals surface area contributed by atoms with E-state index in [1.807, 2.05) is 18.2 Å². The van der Waals surface area contributed by atoms with Crippen LogP contribution in [-0.2, 0) is 0 Å². The van der Waals surface area contributed by atoms with Crippen LogP contribution in [0.25, 0.3) is 0 Å². The second-order valence-electron chi connectivity index (χ2n) is 5.05. The van der Waals surface area contributed by atoms with Crippen molar-refractivity contribution in [2.75, 3.05) is 12.8 Å². The number of anilines is 1. The van der Waals surface area contributed by atoms with Gasteiger partial charge in [0.15, 0.2) is 0 Å². The molecule has 2 unspecified atom stereocenters. The number of hydrogen-bond acceptors (Lipinski definition) is 3. The van der Waals surface area contributed by atoms with E-state index in [-0.39, 0.29) is 0 Å². The van der Waals surface area contributed by atoms with Gasteiger partial charge in [-0.25, -0.2) is 0 Å². The van der Waals surface area contributed by atoms with E-state index in [4.69, 9.17) is 15.2 Å². The lowest BCUT2D eigenvalue weighted by Crippen LogP contribution is -2.29. The molecule has 1 aliphatic carbocycles. The van der Waals surface area contributed by atoms with Gasteiger partial charge in [-0.3, -0.25) is 0 Å². The number of hydrogen-bond donors (Lipinski definition) is 1. The Bertz CT molecular complexity index is 392. The third kappa shape index (κ3) is 3.09. The molecule has 0 heterocycles. The van der Waals surface area contributed by atoms with Gasteiger partial charge in [0, 0.05) is 23.9 Å². The van der Waals surface area contributed by atoms with Crippen LogP contribution in [0.3, 0.4) is 0 Å². The molecule has 1 aromatic carbocycles. The third-order valence-electron chi connectivity index (χ3n) is 3.79. The zero-order valence-electron chi connectivity index (χ0n) is 11.3. The maximum Gasteiger partial charge on any atom is 0.125 e. The predicted octanol–water partition coefficient (Wildman–Crippen LogP) is 3.63. The van der Waals surface area contributed by atoms with Gasteiger partial charge in [-0.2, -0.15) is 0 Å². The molecule has 1 fully saturated rings. The number of benzene rings is 1. The highest BCUT2D eigenvalue weighted by molar-refractivity contribution is 5.50. The van der Waals surface area contributed by atoms with Crippen LogP contribution >= 0.6 is 0 Å². The summed E-state index contributed by atoms with van der Waals surface area (Å²) >= 11 is 0. The van der Waals surface area contributed by atoms with Gasteiger partial charge in [-0.15, -0.1) is 0 Å². The van der Waals surface area contributed by atoms with Gasteiger partial charge in [0.2, 0.25) is 0 Å². The van der Waals surface area contributed by atoms with E-state index in [0.717, 1.165) is 17.9 Å². The fourth-order valence-corrected chi connectivity index (χ4v) is 2.75. The summed E-state index contributed by atoms with van der Waals surface area (Å²) in [5.74, 6) is 2.26. The first-order chi connectivity index (χ1) is 8.72. The molecule has 1 saturated carbocycles. The smallest absolute Gasteiger partial charge is 0.125 e. The molecule has 2 N–H and O–H groups in total. The van der Waals surface area contributed by atoms with Crippen LogP contribution < -0.4 is 15.2 Å². The Labute approximate surface area is 109 Å². The summed E-state index contributed by atoms with van der Waals surface area (Å²) < 4.78 is 11.3. The molecule has 0 aromatic heterocycles. The summed E-state index contributed by atoms with van der Waals surface area (Å²) in [5, 5.41) is 0. The summed E-state index contributed by atoms with van der Waals surface area (Å²) in [7, 11) is 1.65. The lowest BCUT2D eigenvalue weighted by molar-refractivity contribution is 0.0902. The molecule has 2 atom stereocenters. The monoisotopic (exact) mass is 249 g/mol. The largest absolute Gasteiger partial charge is 0.497 e. The van der Waals surface area contributed by atoms with Crippen molar-refractivity contribution in [1.29, 1.82) is 0 Å². The Balaban J connectivity index is 2.09. The van der Waals surface area contributed by atoms with Crippen molar-refractivity contribution >= 4 is 5.69 Å². The quantitative estimate of drug-likeness (QED) is 0.829. The van der Waals surface area contributed by atoms with Crippen LogP contribution in [0.2, 0.25) is 0 Å². The van der Waals surface area contributed by atoms with E-state index in [1.54, 1.807) is 7.11 Å². The van der Waals surface area contributed by atoms with E-state index in [1.165, 1.54) is 25.7 Å². The maximum atomic E-state index is 6.12. The summed E-state index contributed by atoms with van der Waals surface area (Å²) in [5.41, 5.74) is 6.54. The van der Waals surface area contributed by atoms with E-state index in [2.05, 4.69) is 6.92 Å². The second kappa shape index (κ2) is 5.98. The molecule has 2 rings (SSSR count). The zero-order chi connectivity index (χ0) is 13.0. The predicted molar refractivity (Wildman–Crippen MR) is 74.1 cm³/mol. The van der Waals surface area contributed by atoms with Gasteiger partial charge in [-0.05, 0) is 31.6 Å². The minimum Gasteiger partial charge on any atom is -0.497 e. The summed E-state index contributed by atoms with van der Waals surface area (Å²) in [4.78, 5) is 0. The molecule has 0 aliphatic heterocycles. The van der Waals surface area contributed by atoms with E-state index < -0.39 is 0 Å². The van der Waals surface area contributed by atoms with Crippen molar-refractivity contribution in [1.82, 2.24) is 0 Å². The van der Waals surface area contributed by atoms with Gasteiger partial charge < -0.3 is 15.2 Å². The van der Waals surface area contributed by atoms with Crippen molar-refractivity contribution < 1.29 is 9.47 Å². The summed E-state index contributed by atoms with van der Waals surface area (Å²) in [6.45, 7) is 2.24. The fraction of sp³-hybridized carbons (Fsp3) is 0.600. The van der Waals surface area contributed by atoms with Gasteiger partial charge in [0.25, 0.3) is 0 Å². The third-order valence-corrected chi connectivity index (χ3v) is 3.79. The molecule has 0 amide bonds. The first kappa shape index (κ1) is 13.1. The molecule has 0 bridgehead atoms. The molecule has 18 heavy (non-hydrogen) atoms. The Morgan fingerprint density at radius 3 is 2.61 bits per heavy atom. The summed E-state index contributed by atoms with van der Waals surface area (Å²) in [6, 6.07) is 5.60. The molecular formula is C15H23NO2. The van der Waals surface area contributed by atoms with Crippen molar-refractivity contribution in [2.45, 2.75) is 45.1 Å². The zero-order valence-corrected chi connectivity index (χ0v) is 11.3. The average molecular weight is 249 g/mol. The minimum absolute atomic E-state index is 0.329. The van der Waals surface area contributed by atoms with Crippen LogP contribution in [0.4, 0.5) is 5.69 Å². The van der Waals surface area contributed by atoms with Crippen molar-refractivity contribution in [2.24, 2.45) is 5.92 Å². The van der Waals surface area contributed by atoms with Crippen LogP contribution in [0.1, 0.15) is 39.0 Å². The van der Waals surface area contributed by atoms with Crippen LogP contribution in [0.15, 0.2) is 18.2 Å². The lowest BCUT2D eigenvalue weighted by Gasteiger charge is -2.31. The van der Waals surface area contributed by atoms with E-state index in [9.17, 15) is 0 Å². The fourth-order valence-electron chi connectivity index (χ4n) is 2.75. The minimum atomic E-state index is 0.329. The molecule has 0 radical (unpaired) electrons. The standard InChI is InChI=1S/C15H23NO2/c1-3-11-6-4-5-7-15(11)18-14-9-12(16)8-13(10-14)17-2/h8-11,15H,3-7,16H2,1-2H3. The highest BCUT2D eigenvalue weighted by Crippen LogP contribution is 2.32. The lowest BCUT2D eigenvalue weighted by atomic mass is 9.85. The SMILES string of the molecule is CCC1CCCCC1Oc1cc(N)cc(OC)c1. The summed E-state index contributed by atoms with van der Waals surface area (Å²) in [6.07, 6.45) is 6.54.